The minimum atomic E-state index is -2.45. The third-order valence-electron chi connectivity index (χ3n) is 4.53. The monoisotopic (exact) mass is 299 g/mol. The van der Waals surface area contributed by atoms with E-state index in [1.54, 1.807) is 0 Å². The van der Waals surface area contributed by atoms with E-state index in [0.29, 0.717) is 18.8 Å². The molecule has 0 aromatic carbocycles. The summed E-state index contributed by atoms with van der Waals surface area (Å²) in [5.41, 5.74) is 0. The van der Waals surface area contributed by atoms with Crippen LogP contribution in [0.5, 0.6) is 0 Å². The van der Waals surface area contributed by atoms with Crippen molar-refractivity contribution in [3.05, 3.63) is 18.2 Å². The summed E-state index contributed by atoms with van der Waals surface area (Å²) in [5.74, 6) is -1.06. The number of hydrogen-bond acceptors (Lipinski definition) is 2. The highest BCUT2D eigenvalue weighted by molar-refractivity contribution is 4.98. The molecule has 1 saturated carbocycles. The second-order valence-electron chi connectivity index (χ2n) is 6.09. The molecular formula is C16H27F2N3. The summed E-state index contributed by atoms with van der Waals surface area (Å²) in [6, 6.07) is 0.258. The highest BCUT2D eigenvalue weighted by atomic mass is 19.3. The molecule has 3 nitrogen and oxygen atoms in total. The van der Waals surface area contributed by atoms with E-state index in [1.807, 2.05) is 12.4 Å². The van der Waals surface area contributed by atoms with Gasteiger partial charge in [0.25, 0.3) is 0 Å². The van der Waals surface area contributed by atoms with Gasteiger partial charge in [-0.1, -0.05) is 6.92 Å². The van der Waals surface area contributed by atoms with E-state index < -0.39 is 5.92 Å². The number of alkyl halides is 2. The van der Waals surface area contributed by atoms with Crippen molar-refractivity contribution in [2.24, 2.45) is 5.92 Å². The van der Waals surface area contributed by atoms with Crippen molar-refractivity contribution in [2.45, 2.75) is 70.9 Å². The second kappa shape index (κ2) is 7.34. The van der Waals surface area contributed by atoms with Gasteiger partial charge in [-0.15, -0.1) is 0 Å². The van der Waals surface area contributed by atoms with E-state index >= 15 is 0 Å². The van der Waals surface area contributed by atoms with Gasteiger partial charge in [0, 0.05) is 44.2 Å². The van der Waals surface area contributed by atoms with Crippen LogP contribution in [0.15, 0.2) is 12.4 Å². The zero-order valence-corrected chi connectivity index (χ0v) is 13.1. The number of hydrogen-bond donors (Lipinski definition) is 1. The van der Waals surface area contributed by atoms with Crippen molar-refractivity contribution >= 4 is 0 Å². The first kappa shape index (κ1) is 16.4. The molecule has 2 rings (SSSR count). The van der Waals surface area contributed by atoms with E-state index in [4.69, 9.17) is 0 Å². The Bertz CT molecular complexity index is 421. The van der Waals surface area contributed by atoms with Gasteiger partial charge in [-0.05, 0) is 38.6 Å². The molecule has 120 valence electrons. The van der Waals surface area contributed by atoms with Crippen molar-refractivity contribution < 1.29 is 8.78 Å². The maximum absolute atomic E-state index is 13.4. The lowest BCUT2D eigenvalue weighted by Crippen LogP contribution is -2.42. The molecule has 1 unspecified atom stereocenters. The molecule has 1 aromatic rings. The highest BCUT2D eigenvalue weighted by Gasteiger charge is 2.37. The van der Waals surface area contributed by atoms with Gasteiger partial charge in [0.15, 0.2) is 0 Å². The third-order valence-corrected chi connectivity index (χ3v) is 4.53. The van der Waals surface area contributed by atoms with E-state index in [2.05, 4.69) is 28.7 Å². The summed E-state index contributed by atoms with van der Waals surface area (Å²) in [5, 5.41) is 3.56. The Balaban J connectivity index is 2.01. The van der Waals surface area contributed by atoms with E-state index in [9.17, 15) is 8.78 Å². The average molecular weight is 299 g/mol. The Morgan fingerprint density at radius 1 is 1.38 bits per heavy atom. The molecule has 0 amide bonds. The molecule has 0 bridgehead atoms. The summed E-state index contributed by atoms with van der Waals surface area (Å²) in [6.07, 6.45) is 6.99. The highest BCUT2D eigenvalue weighted by Crippen LogP contribution is 2.37. The quantitative estimate of drug-likeness (QED) is 0.833. The molecule has 1 aliphatic rings. The van der Waals surface area contributed by atoms with Crippen molar-refractivity contribution in [2.75, 3.05) is 6.54 Å². The standard InChI is InChI=1S/C16H27F2N3/c1-3-9-19-14(12-15-20-10-11-21(15)4-2)13-5-7-16(17,18)8-6-13/h10-11,13-14,19H,3-9,12H2,1-2H3. The molecule has 1 atom stereocenters. The lowest BCUT2D eigenvalue weighted by atomic mass is 9.81. The normalized spacial score (nSPS) is 20.6. The van der Waals surface area contributed by atoms with Gasteiger partial charge < -0.3 is 9.88 Å². The molecule has 1 fully saturated rings. The second-order valence-corrected chi connectivity index (χ2v) is 6.09. The predicted octanol–water partition coefficient (Wildman–Crippen LogP) is 3.64. The van der Waals surface area contributed by atoms with Gasteiger partial charge in [-0.2, -0.15) is 0 Å². The van der Waals surface area contributed by atoms with Gasteiger partial charge in [-0.25, -0.2) is 13.8 Å². The Hall–Kier alpha value is -0.970. The maximum atomic E-state index is 13.4. The van der Waals surface area contributed by atoms with Crippen LogP contribution in [0.1, 0.15) is 51.8 Å². The van der Waals surface area contributed by atoms with E-state index in [1.165, 1.54) is 0 Å². The molecule has 0 aliphatic heterocycles. The van der Waals surface area contributed by atoms with Gasteiger partial charge in [-0.3, -0.25) is 0 Å². The average Bonchev–Trinajstić information content (AvgIpc) is 2.91. The maximum Gasteiger partial charge on any atom is 0.248 e. The van der Waals surface area contributed by atoms with E-state index in [0.717, 1.165) is 31.8 Å². The minimum absolute atomic E-state index is 0.0319. The van der Waals surface area contributed by atoms with Gasteiger partial charge in [0.05, 0.1) is 0 Å². The number of imidazole rings is 1. The smallest absolute Gasteiger partial charge is 0.248 e. The molecule has 5 heteroatoms. The van der Waals surface area contributed by atoms with Crippen LogP contribution < -0.4 is 5.32 Å². The van der Waals surface area contributed by atoms with Crippen LogP contribution >= 0.6 is 0 Å². The number of aromatic nitrogens is 2. The van der Waals surface area contributed by atoms with Crippen molar-refractivity contribution in [3.63, 3.8) is 0 Å². The number of nitrogens with zero attached hydrogens (tertiary/aromatic N) is 2. The zero-order chi connectivity index (χ0) is 15.3. The number of rotatable bonds is 7. The number of halogens is 2. The first-order valence-corrected chi connectivity index (χ1v) is 8.17. The van der Waals surface area contributed by atoms with Crippen LogP contribution in [0.4, 0.5) is 8.78 Å². The Morgan fingerprint density at radius 3 is 2.71 bits per heavy atom. The van der Waals surface area contributed by atoms with Crippen LogP contribution in [-0.4, -0.2) is 28.1 Å². The minimum Gasteiger partial charge on any atom is -0.335 e. The SMILES string of the molecule is CCCNC(Cc1nccn1CC)C1CCC(F)(F)CC1. The fourth-order valence-electron chi connectivity index (χ4n) is 3.21. The lowest BCUT2D eigenvalue weighted by molar-refractivity contribution is -0.0496. The first-order valence-electron chi connectivity index (χ1n) is 8.17. The molecule has 1 aliphatic carbocycles. The zero-order valence-electron chi connectivity index (χ0n) is 13.1. The predicted molar refractivity (Wildman–Crippen MR) is 80.6 cm³/mol. The summed E-state index contributed by atoms with van der Waals surface area (Å²) in [7, 11) is 0. The number of aryl methyl sites for hydroxylation is 1. The van der Waals surface area contributed by atoms with Gasteiger partial charge in [0.1, 0.15) is 5.82 Å². The summed E-state index contributed by atoms with van der Waals surface area (Å²) in [6.45, 7) is 6.07. The molecule has 1 N–H and O–H groups in total. The van der Waals surface area contributed by atoms with Crippen molar-refractivity contribution in [1.29, 1.82) is 0 Å². The van der Waals surface area contributed by atoms with Gasteiger partial charge >= 0.3 is 0 Å². The molecule has 0 radical (unpaired) electrons. The van der Waals surface area contributed by atoms with Crippen molar-refractivity contribution in [3.8, 4) is 0 Å². The molecule has 21 heavy (non-hydrogen) atoms. The topological polar surface area (TPSA) is 29.9 Å². The Kier molecular flexibility index (Phi) is 5.73. The van der Waals surface area contributed by atoms with Crippen LogP contribution in [0, 0.1) is 5.92 Å². The molecule has 0 saturated heterocycles. The first-order chi connectivity index (χ1) is 10.1. The fraction of sp³-hybridized carbons (Fsp3) is 0.812. The summed E-state index contributed by atoms with van der Waals surface area (Å²) >= 11 is 0. The fourth-order valence-corrected chi connectivity index (χ4v) is 3.21. The lowest BCUT2D eigenvalue weighted by Gasteiger charge is -2.34. The Morgan fingerprint density at radius 2 is 2.10 bits per heavy atom. The van der Waals surface area contributed by atoms with E-state index in [-0.39, 0.29) is 18.9 Å². The molecule has 0 spiro atoms. The summed E-state index contributed by atoms with van der Waals surface area (Å²) in [4.78, 5) is 4.43. The van der Waals surface area contributed by atoms with Crippen LogP contribution in [-0.2, 0) is 13.0 Å². The van der Waals surface area contributed by atoms with Gasteiger partial charge in [0.2, 0.25) is 5.92 Å². The largest absolute Gasteiger partial charge is 0.335 e. The van der Waals surface area contributed by atoms with Crippen LogP contribution in [0.3, 0.4) is 0 Å². The summed E-state index contributed by atoms with van der Waals surface area (Å²) < 4.78 is 28.8. The number of nitrogens with one attached hydrogen (secondary N) is 1. The Labute approximate surface area is 126 Å². The van der Waals surface area contributed by atoms with Crippen LogP contribution in [0.25, 0.3) is 0 Å². The molecule has 1 aromatic heterocycles. The van der Waals surface area contributed by atoms with Crippen molar-refractivity contribution in [1.82, 2.24) is 14.9 Å². The molecule has 1 heterocycles. The molecular weight excluding hydrogens is 272 g/mol. The van der Waals surface area contributed by atoms with Crippen LogP contribution in [0.2, 0.25) is 0 Å². The third kappa shape index (κ3) is 4.50.